The molecule has 3 aromatic heterocycles. The normalized spacial score (nSPS) is 24.3. The van der Waals surface area contributed by atoms with Gasteiger partial charge in [-0.1, -0.05) is 103 Å². The van der Waals surface area contributed by atoms with E-state index in [9.17, 15) is 24.9 Å². The first-order valence-electron chi connectivity index (χ1n) is 20.0. The third kappa shape index (κ3) is 10.8. The second kappa shape index (κ2) is 20.6. The highest BCUT2D eigenvalue weighted by Gasteiger charge is 2.83. The Hall–Kier alpha value is -3.70. The van der Waals surface area contributed by atoms with Gasteiger partial charge in [-0.15, -0.1) is 0 Å². The SMILES string of the molecule is CCCCCCCCCCCCCCCCCCOC[C@H](COP(=O)(O)OC1[C@H]2O[C@@](C#N)(c3ccc4c(N)ncnn34)[C@H](O)[C@@]12O)Nc1ccc(C#N)cn1. The highest BCUT2D eigenvalue weighted by Crippen LogP contribution is 2.63. The van der Waals surface area contributed by atoms with Crippen molar-refractivity contribution in [3.8, 4) is 12.1 Å². The fourth-order valence-electron chi connectivity index (χ4n) is 7.33. The zero-order chi connectivity index (χ0) is 40.0. The summed E-state index contributed by atoms with van der Waals surface area (Å²) in [6.07, 6.45) is 18.2. The summed E-state index contributed by atoms with van der Waals surface area (Å²) in [5.74, 6) is 0.529. The van der Waals surface area contributed by atoms with E-state index in [1.807, 2.05) is 12.1 Å². The van der Waals surface area contributed by atoms with Crippen molar-refractivity contribution >= 4 is 25.0 Å². The predicted molar refractivity (Wildman–Crippen MR) is 208 cm³/mol. The number of nitrogen functional groups attached to an aromatic ring is 1. The van der Waals surface area contributed by atoms with Crippen molar-refractivity contribution in [2.45, 2.75) is 145 Å². The molecule has 0 bridgehead atoms. The highest BCUT2D eigenvalue weighted by atomic mass is 31.2. The number of ether oxygens (including phenoxy) is 2. The van der Waals surface area contributed by atoms with E-state index in [4.69, 9.17) is 29.5 Å². The zero-order valence-electron chi connectivity index (χ0n) is 32.3. The topological polar surface area (TPSA) is 243 Å². The summed E-state index contributed by atoms with van der Waals surface area (Å²) in [4.78, 5) is 18.8. The molecular weight excluding hydrogens is 739 g/mol. The molecule has 1 aliphatic carbocycles. The van der Waals surface area contributed by atoms with Gasteiger partial charge in [0.1, 0.15) is 48.1 Å². The van der Waals surface area contributed by atoms with Gasteiger partial charge in [0.05, 0.1) is 30.5 Å². The van der Waals surface area contributed by atoms with Crippen molar-refractivity contribution < 1.29 is 38.2 Å². The number of phosphoric acid groups is 1. The molecule has 2 aliphatic rings. The molecule has 0 aromatic carbocycles. The van der Waals surface area contributed by atoms with Crippen molar-refractivity contribution in [2.24, 2.45) is 0 Å². The molecule has 306 valence electrons. The number of nitriles is 2. The van der Waals surface area contributed by atoms with Crippen LogP contribution in [0.25, 0.3) is 5.52 Å². The van der Waals surface area contributed by atoms with E-state index in [-0.39, 0.29) is 24.7 Å². The molecular formula is C39H57N8O8P. The van der Waals surface area contributed by atoms with Gasteiger partial charge < -0.3 is 35.6 Å². The Bertz CT molecular complexity index is 1820. The van der Waals surface area contributed by atoms with Crippen LogP contribution in [-0.2, 0) is 28.7 Å². The van der Waals surface area contributed by atoms with Crippen molar-refractivity contribution in [3.63, 3.8) is 0 Å². The molecule has 7 atom stereocenters. The van der Waals surface area contributed by atoms with Crippen molar-refractivity contribution in [2.75, 3.05) is 30.9 Å². The van der Waals surface area contributed by atoms with E-state index in [2.05, 4.69) is 27.3 Å². The van der Waals surface area contributed by atoms with E-state index in [1.165, 1.54) is 107 Å². The smallest absolute Gasteiger partial charge is 0.385 e. The number of nitrogens with zero attached hydrogens (tertiary/aromatic N) is 6. The average molecular weight is 797 g/mol. The van der Waals surface area contributed by atoms with Crippen LogP contribution in [0, 0.1) is 22.7 Å². The number of aromatic nitrogens is 4. The predicted octanol–water partition coefficient (Wildman–Crippen LogP) is 6.06. The van der Waals surface area contributed by atoms with Gasteiger partial charge in [0.25, 0.3) is 0 Å². The van der Waals surface area contributed by atoms with E-state index < -0.39 is 43.4 Å². The molecule has 17 heteroatoms. The third-order valence-electron chi connectivity index (χ3n) is 10.6. The first-order chi connectivity index (χ1) is 27.1. The lowest BCUT2D eigenvalue weighted by Gasteiger charge is -2.29. The maximum Gasteiger partial charge on any atom is 0.472 e. The molecule has 3 aromatic rings. The van der Waals surface area contributed by atoms with Gasteiger partial charge in [0.2, 0.25) is 5.60 Å². The summed E-state index contributed by atoms with van der Waals surface area (Å²) in [6, 6.07) is 9.48. The summed E-state index contributed by atoms with van der Waals surface area (Å²) in [5, 5.41) is 49.0. The Kier molecular flexibility index (Phi) is 16.0. The minimum absolute atomic E-state index is 0.0873. The molecule has 2 fully saturated rings. The number of rotatable bonds is 27. The van der Waals surface area contributed by atoms with Crippen LogP contribution in [0.3, 0.4) is 0 Å². The van der Waals surface area contributed by atoms with Crippen LogP contribution in [-0.4, -0.2) is 84.5 Å². The molecule has 1 saturated heterocycles. The van der Waals surface area contributed by atoms with Crippen LogP contribution in [0.4, 0.5) is 11.6 Å². The van der Waals surface area contributed by atoms with E-state index in [0.29, 0.717) is 23.5 Å². The van der Waals surface area contributed by atoms with Crippen molar-refractivity contribution in [1.29, 1.82) is 10.5 Å². The molecule has 2 unspecified atom stereocenters. The summed E-state index contributed by atoms with van der Waals surface area (Å²) < 4.78 is 36.8. The molecule has 0 radical (unpaired) electrons. The largest absolute Gasteiger partial charge is 0.472 e. The molecule has 1 aliphatic heterocycles. The molecule has 1 saturated carbocycles. The first kappa shape index (κ1) is 43.4. The standard InChI is InChI=1S/C39H57N8O8P/c1-2-3-4-5-6-7-8-9-10-11-12-13-14-15-16-17-22-52-25-30(46-33-21-18-29(23-40)24-43-33)26-53-56(50,51)55-35-34-39(35,49)37(48)38(27-41,54-34)32-20-19-31-36(42)44-28-45-47(31)32/h18-21,24,28,30,34-35,37,48-49H,2-17,22,25-26H2,1H3,(H,43,46)(H,50,51)(H2,42,44,45)/t30-,34-,35?,37+,38+,39+/m1/s1. The maximum atomic E-state index is 13.1. The van der Waals surface area contributed by atoms with Crippen LogP contribution in [0.15, 0.2) is 36.8 Å². The van der Waals surface area contributed by atoms with Crippen molar-refractivity contribution in [1.82, 2.24) is 19.6 Å². The van der Waals surface area contributed by atoms with Gasteiger partial charge in [-0.2, -0.15) is 15.6 Å². The maximum absolute atomic E-state index is 13.1. The van der Waals surface area contributed by atoms with Gasteiger partial charge in [-0.3, -0.25) is 9.05 Å². The van der Waals surface area contributed by atoms with E-state index in [1.54, 1.807) is 18.2 Å². The number of pyridine rings is 1. The van der Waals surface area contributed by atoms with E-state index >= 15 is 0 Å². The van der Waals surface area contributed by atoms with Gasteiger partial charge in [-0.05, 0) is 30.7 Å². The molecule has 0 spiro atoms. The number of nitrogens with one attached hydrogen (secondary N) is 1. The summed E-state index contributed by atoms with van der Waals surface area (Å²) in [7, 11) is -4.85. The van der Waals surface area contributed by atoms with Crippen LogP contribution in [0.1, 0.15) is 121 Å². The highest BCUT2D eigenvalue weighted by molar-refractivity contribution is 7.47. The lowest BCUT2D eigenvalue weighted by Crippen LogP contribution is -2.47. The Labute approximate surface area is 329 Å². The fourth-order valence-corrected chi connectivity index (χ4v) is 8.33. The number of hydrogen-bond acceptors (Lipinski definition) is 14. The minimum Gasteiger partial charge on any atom is -0.385 e. The fraction of sp³-hybridized carbons (Fsp3) is 0.667. The monoisotopic (exact) mass is 796 g/mol. The average Bonchev–Trinajstić information content (AvgIpc) is 3.43. The van der Waals surface area contributed by atoms with Gasteiger partial charge >= 0.3 is 7.82 Å². The Morgan fingerprint density at radius 3 is 2.16 bits per heavy atom. The number of unbranched alkanes of at least 4 members (excludes halogenated alkanes) is 15. The third-order valence-corrected chi connectivity index (χ3v) is 11.6. The second-order valence-electron chi connectivity index (χ2n) is 14.9. The van der Waals surface area contributed by atoms with Crippen molar-refractivity contribution in [3.05, 3.63) is 48.0 Å². The second-order valence-corrected chi connectivity index (χ2v) is 16.3. The zero-order valence-corrected chi connectivity index (χ0v) is 33.2. The summed E-state index contributed by atoms with van der Waals surface area (Å²) >= 11 is 0. The molecule has 4 heterocycles. The van der Waals surface area contributed by atoms with E-state index in [0.717, 1.165) is 19.3 Å². The Balaban J connectivity index is 1.03. The number of anilines is 2. The molecule has 6 N–H and O–H groups in total. The number of aliphatic hydroxyl groups excluding tert-OH is 1. The van der Waals surface area contributed by atoms with Gasteiger partial charge in [0.15, 0.2) is 11.4 Å². The van der Waals surface area contributed by atoms with Crippen LogP contribution < -0.4 is 11.1 Å². The van der Waals surface area contributed by atoms with Gasteiger partial charge in [0, 0.05) is 12.8 Å². The Morgan fingerprint density at radius 2 is 1.61 bits per heavy atom. The van der Waals surface area contributed by atoms with Crippen LogP contribution in [0.5, 0.6) is 0 Å². The molecule has 16 nitrogen and oxygen atoms in total. The minimum atomic E-state index is -4.85. The lowest BCUT2D eigenvalue weighted by atomic mass is 9.90. The van der Waals surface area contributed by atoms with Crippen LogP contribution in [0.2, 0.25) is 0 Å². The number of hydrogen-bond donors (Lipinski definition) is 5. The van der Waals surface area contributed by atoms with Crippen LogP contribution >= 0.6 is 7.82 Å². The molecule has 5 rings (SSSR count). The Morgan fingerprint density at radius 1 is 0.964 bits per heavy atom. The quantitative estimate of drug-likeness (QED) is 0.0435. The lowest BCUT2D eigenvalue weighted by molar-refractivity contribution is -0.105. The number of phosphoric ester groups is 1. The first-order valence-corrected chi connectivity index (χ1v) is 21.5. The number of fused-ring (bicyclic) bond motifs is 2. The number of aliphatic hydroxyl groups is 2. The molecule has 0 amide bonds. The number of nitrogens with two attached hydrogens (primary N) is 1. The summed E-state index contributed by atoms with van der Waals surface area (Å²) in [6.45, 7) is 2.51. The summed E-state index contributed by atoms with van der Waals surface area (Å²) in [5.41, 5.74) is 2.45. The molecule has 56 heavy (non-hydrogen) atoms. The van der Waals surface area contributed by atoms with Gasteiger partial charge in [-0.25, -0.2) is 19.0 Å².